The molecule has 0 spiro atoms. The Kier molecular flexibility index (Phi) is 4.92. The van der Waals surface area contributed by atoms with Crippen LogP contribution in [0.1, 0.15) is 44.8 Å². The number of carbonyl (C=O) groups excluding carboxylic acids is 1. The van der Waals surface area contributed by atoms with Crippen LogP contribution < -0.4 is 5.32 Å². The van der Waals surface area contributed by atoms with E-state index in [9.17, 15) is 4.79 Å². The molecule has 21 heavy (non-hydrogen) atoms. The van der Waals surface area contributed by atoms with Gasteiger partial charge in [-0.15, -0.1) is 0 Å². The highest BCUT2D eigenvalue weighted by Crippen LogP contribution is 2.35. The average Bonchev–Trinajstić information content (AvgIpc) is 3.15. The number of carbonyl (C=O) groups is 1. The largest absolute Gasteiger partial charge is 0.318 e. The molecule has 1 aromatic heterocycles. The van der Waals surface area contributed by atoms with Gasteiger partial charge in [0.15, 0.2) is 0 Å². The Balaban J connectivity index is 1.86. The highest BCUT2D eigenvalue weighted by atomic mass is 32.2. The fourth-order valence-corrected chi connectivity index (χ4v) is 5.05. The lowest BCUT2D eigenvalue weighted by molar-refractivity contribution is -0.133. The maximum Gasteiger partial charge on any atom is 0.241 e. The van der Waals surface area contributed by atoms with Crippen molar-refractivity contribution in [2.45, 2.75) is 51.4 Å². The van der Waals surface area contributed by atoms with Crippen molar-refractivity contribution in [3.8, 4) is 0 Å². The Labute approximate surface area is 135 Å². The molecule has 0 saturated carbocycles. The number of thiophene rings is 1. The Morgan fingerprint density at radius 3 is 2.81 bits per heavy atom. The first-order valence-electron chi connectivity index (χ1n) is 7.90. The van der Waals surface area contributed by atoms with Crippen molar-refractivity contribution in [3.63, 3.8) is 0 Å². The number of amides is 1. The van der Waals surface area contributed by atoms with Gasteiger partial charge in [-0.25, -0.2) is 0 Å². The Morgan fingerprint density at radius 1 is 1.43 bits per heavy atom. The molecule has 3 heterocycles. The lowest BCUT2D eigenvalue weighted by Gasteiger charge is -2.34. The van der Waals surface area contributed by atoms with Gasteiger partial charge in [0.1, 0.15) is 6.17 Å². The van der Waals surface area contributed by atoms with E-state index in [2.05, 4.69) is 40.9 Å². The van der Waals surface area contributed by atoms with Gasteiger partial charge in [-0.3, -0.25) is 10.1 Å². The SMILES string of the molecule is CCC(C)C1NC(c2ccsc2)N(C2CCSCC2)C1=O. The third-order valence-electron chi connectivity index (χ3n) is 4.79. The van der Waals surface area contributed by atoms with Crippen molar-refractivity contribution in [1.82, 2.24) is 10.2 Å². The van der Waals surface area contributed by atoms with Crippen LogP contribution in [0.5, 0.6) is 0 Å². The lowest BCUT2D eigenvalue weighted by Crippen LogP contribution is -2.42. The van der Waals surface area contributed by atoms with Crippen LogP contribution in [0.15, 0.2) is 16.8 Å². The summed E-state index contributed by atoms with van der Waals surface area (Å²) in [5.41, 5.74) is 1.25. The van der Waals surface area contributed by atoms with E-state index in [0.717, 1.165) is 19.3 Å². The summed E-state index contributed by atoms with van der Waals surface area (Å²) in [7, 11) is 0. The summed E-state index contributed by atoms with van der Waals surface area (Å²) in [6, 6.07) is 2.54. The zero-order chi connectivity index (χ0) is 14.8. The maximum absolute atomic E-state index is 13.0. The minimum absolute atomic E-state index is 0.0190. The van der Waals surface area contributed by atoms with E-state index in [0.29, 0.717) is 17.9 Å². The molecule has 3 unspecified atom stereocenters. The van der Waals surface area contributed by atoms with Gasteiger partial charge in [0.2, 0.25) is 5.91 Å². The fourth-order valence-electron chi connectivity index (χ4n) is 3.29. The van der Waals surface area contributed by atoms with E-state index in [4.69, 9.17) is 0 Å². The van der Waals surface area contributed by atoms with Crippen LogP contribution in [0.25, 0.3) is 0 Å². The van der Waals surface area contributed by atoms with Crippen molar-refractivity contribution >= 4 is 29.0 Å². The number of thioether (sulfide) groups is 1. The minimum atomic E-state index is -0.0190. The number of nitrogens with zero attached hydrogens (tertiary/aromatic N) is 1. The zero-order valence-corrected chi connectivity index (χ0v) is 14.4. The molecule has 1 amide bonds. The minimum Gasteiger partial charge on any atom is -0.318 e. The second kappa shape index (κ2) is 6.71. The van der Waals surface area contributed by atoms with Gasteiger partial charge in [0.25, 0.3) is 0 Å². The normalized spacial score (nSPS) is 29.0. The number of hydrogen-bond acceptors (Lipinski definition) is 4. The van der Waals surface area contributed by atoms with Gasteiger partial charge in [0.05, 0.1) is 6.04 Å². The van der Waals surface area contributed by atoms with Crippen molar-refractivity contribution in [2.75, 3.05) is 11.5 Å². The van der Waals surface area contributed by atoms with Crippen molar-refractivity contribution in [3.05, 3.63) is 22.4 Å². The maximum atomic E-state index is 13.0. The molecule has 2 aliphatic rings. The van der Waals surface area contributed by atoms with E-state index in [1.54, 1.807) is 11.3 Å². The number of nitrogens with one attached hydrogen (secondary N) is 1. The molecule has 1 aromatic rings. The van der Waals surface area contributed by atoms with Gasteiger partial charge in [0, 0.05) is 6.04 Å². The molecule has 0 radical (unpaired) electrons. The van der Waals surface area contributed by atoms with Crippen LogP contribution in [0.4, 0.5) is 0 Å². The first-order valence-corrected chi connectivity index (χ1v) is 10.00. The number of hydrogen-bond donors (Lipinski definition) is 1. The predicted octanol–water partition coefficient (Wildman–Crippen LogP) is 3.49. The fraction of sp³-hybridized carbons (Fsp3) is 0.688. The summed E-state index contributed by atoms with van der Waals surface area (Å²) in [6.45, 7) is 4.35. The quantitative estimate of drug-likeness (QED) is 0.920. The highest BCUT2D eigenvalue weighted by molar-refractivity contribution is 7.99. The van der Waals surface area contributed by atoms with Gasteiger partial charge in [-0.1, -0.05) is 20.3 Å². The zero-order valence-electron chi connectivity index (χ0n) is 12.7. The Bertz CT molecular complexity index is 471. The molecule has 3 atom stereocenters. The predicted molar refractivity (Wildman–Crippen MR) is 90.6 cm³/mol. The van der Waals surface area contributed by atoms with Crippen LogP contribution in [0, 0.1) is 5.92 Å². The monoisotopic (exact) mass is 324 g/mol. The molecule has 5 heteroatoms. The smallest absolute Gasteiger partial charge is 0.241 e. The van der Waals surface area contributed by atoms with E-state index in [1.165, 1.54) is 17.1 Å². The third-order valence-corrected chi connectivity index (χ3v) is 6.54. The standard InChI is InChI=1S/C16H24N2OS2/c1-3-11(2)14-16(19)18(13-5-8-20-9-6-13)15(17-14)12-4-7-21-10-12/h4,7,10-11,13-15,17H,3,5-6,8-9H2,1-2H3. The van der Waals surface area contributed by atoms with Crippen LogP contribution in [0.3, 0.4) is 0 Å². The van der Waals surface area contributed by atoms with Gasteiger partial charge in [-0.05, 0) is 52.7 Å². The van der Waals surface area contributed by atoms with Crippen molar-refractivity contribution in [1.29, 1.82) is 0 Å². The second-order valence-corrected chi connectivity index (χ2v) is 8.08. The highest BCUT2D eigenvalue weighted by Gasteiger charge is 2.44. The van der Waals surface area contributed by atoms with E-state index >= 15 is 0 Å². The number of rotatable bonds is 4. The van der Waals surface area contributed by atoms with Crippen LogP contribution in [-0.4, -0.2) is 34.4 Å². The summed E-state index contributed by atoms with van der Waals surface area (Å²) in [5.74, 6) is 3.07. The summed E-state index contributed by atoms with van der Waals surface area (Å²) in [4.78, 5) is 15.1. The van der Waals surface area contributed by atoms with E-state index < -0.39 is 0 Å². The van der Waals surface area contributed by atoms with Gasteiger partial charge < -0.3 is 4.90 Å². The molecular weight excluding hydrogens is 300 g/mol. The van der Waals surface area contributed by atoms with Crippen LogP contribution in [0.2, 0.25) is 0 Å². The van der Waals surface area contributed by atoms with E-state index in [1.807, 2.05) is 11.8 Å². The molecule has 0 bridgehead atoms. The molecule has 116 valence electrons. The summed E-state index contributed by atoms with van der Waals surface area (Å²) < 4.78 is 0. The molecule has 0 aliphatic carbocycles. The Hall–Kier alpha value is -0.520. The Morgan fingerprint density at radius 2 is 2.19 bits per heavy atom. The molecule has 2 saturated heterocycles. The third kappa shape index (κ3) is 3.01. The molecule has 0 aromatic carbocycles. The summed E-state index contributed by atoms with van der Waals surface area (Å²) >= 11 is 3.72. The lowest BCUT2D eigenvalue weighted by atomic mass is 9.99. The topological polar surface area (TPSA) is 32.3 Å². The second-order valence-electron chi connectivity index (χ2n) is 6.08. The molecule has 3 rings (SSSR count). The van der Waals surface area contributed by atoms with Crippen molar-refractivity contribution in [2.24, 2.45) is 5.92 Å². The average molecular weight is 325 g/mol. The van der Waals surface area contributed by atoms with Crippen LogP contribution >= 0.6 is 23.1 Å². The molecule has 1 N–H and O–H groups in total. The molecule has 2 fully saturated rings. The summed E-state index contributed by atoms with van der Waals surface area (Å²) in [5, 5.41) is 7.90. The van der Waals surface area contributed by atoms with E-state index in [-0.39, 0.29) is 12.2 Å². The van der Waals surface area contributed by atoms with Gasteiger partial charge in [-0.2, -0.15) is 23.1 Å². The first kappa shape index (κ1) is 15.4. The molecular formula is C16H24N2OS2. The van der Waals surface area contributed by atoms with Gasteiger partial charge >= 0.3 is 0 Å². The van der Waals surface area contributed by atoms with Crippen molar-refractivity contribution < 1.29 is 4.79 Å². The first-order chi connectivity index (χ1) is 10.2. The molecule has 2 aliphatic heterocycles. The summed E-state index contributed by atoms with van der Waals surface area (Å²) in [6.07, 6.45) is 3.38. The van der Waals surface area contributed by atoms with Crippen LogP contribution in [-0.2, 0) is 4.79 Å². The molecule has 3 nitrogen and oxygen atoms in total.